The molecule has 5 heteroatoms. The van der Waals surface area contributed by atoms with Crippen molar-refractivity contribution in [3.8, 4) is 0 Å². The predicted octanol–water partition coefficient (Wildman–Crippen LogP) is 2.10. The molecule has 2 heterocycles. The molecule has 2 N–H and O–H groups in total. The normalized spacial score (nSPS) is 13.1. The molecule has 98 valence electrons. The first kappa shape index (κ1) is 13.3. The Morgan fingerprint density at radius 3 is 3.00 bits per heavy atom. The van der Waals surface area contributed by atoms with Crippen LogP contribution in [0.2, 0.25) is 0 Å². The summed E-state index contributed by atoms with van der Waals surface area (Å²) in [5.74, 6) is 0. The van der Waals surface area contributed by atoms with Crippen LogP contribution in [-0.2, 0) is 13.1 Å². The lowest BCUT2D eigenvalue weighted by molar-refractivity contribution is 0.234. The number of likely N-dealkylation sites (N-methyl/N-ethyl adjacent to an activating group) is 1. The van der Waals surface area contributed by atoms with Gasteiger partial charge in [-0.25, -0.2) is 4.98 Å². The van der Waals surface area contributed by atoms with Crippen molar-refractivity contribution in [2.45, 2.75) is 26.1 Å². The quantitative estimate of drug-likeness (QED) is 0.869. The molecule has 0 spiro atoms. The third kappa shape index (κ3) is 2.80. The Labute approximate surface area is 112 Å². The molecule has 18 heavy (non-hydrogen) atoms. The molecule has 0 saturated carbocycles. The minimum atomic E-state index is 0.217. The highest BCUT2D eigenvalue weighted by Gasteiger charge is 2.19. The zero-order valence-corrected chi connectivity index (χ0v) is 11.7. The Bertz CT molecular complexity index is 463. The van der Waals surface area contributed by atoms with E-state index in [0.29, 0.717) is 6.54 Å². The molecular weight excluding hydrogens is 244 g/mol. The molecule has 1 unspecified atom stereocenters. The molecule has 0 saturated heterocycles. The number of thiophene rings is 1. The van der Waals surface area contributed by atoms with Crippen molar-refractivity contribution in [1.82, 2.24) is 14.5 Å². The van der Waals surface area contributed by atoms with Gasteiger partial charge >= 0.3 is 0 Å². The highest BCUT2D eigenvalue weighted by molar-refractivity contribution is 7.09. The predicted molar refractivity (Wildman–Crippen MR) is 75.5 cm³/mol. The molecular formula is C13H20N4S. The maximum atomic E-state index is 5.94. The number of hydrogen-bond donors (Lipinski definition) is 1. The number of hydrogen-bond acceptors (Lipinski definition) is 4. The van der Waals surface area contributed by atoms with Crippen LogP contribution in [-0.4, -0.2) is 28.0 Å². The second-order valence-electron chi connectivity index (χ2n) is 4.35. The van der Waals surface area contributed by atoms with Crippen LogP contribution >= 0.6 is 11.3 Å². The van der Waals surface area contributed by atoms with Crippen LogP contribution in [0.25, 0.3) is 0 Å². The third-order valence-electron chi connectivity index (χ3n) is 3.17. The third-order valence-corrected chi connectivity index (χ3v) is 4.03. The Hall–Kier alpha value is -1.17. The van der Waals surface area contributed by atoms with Crippen molar-refractivity contribution in [2.24, 2.45) is 5.73 Å². The van der Waals surface area contributed by atoms with Crippen LogP contribution < -0.4 is 5.73 Å². The van der Waals surface area contributed by atoms with E-state index in [1.165, 1.54) is 10.6 Å². The Morgan fingerprint density at radius 1 is 1.56 bits per heavy atom. The van der Waals surface area contributed by atoms with E-state index >= 15 is 0 Å². The first-order chi connectivity index (χ1) is 8.76. The molecule has 1 atom stereocenters. The van der Waals surface area contributed by atoms with Gasteiger partial charge in [-0.3, -0.25) is 4.90 Å². The van der Waals surface area contributed by atoms with E-state index in [1.807, 2.05) is 12.5 Å². The van der Waals surface area contributed by atoms with Gasteiger partial charge in [0.1, 0.15) is 0 Å². The van der Waals surface area contributed by atoms with Crippen molar-refractivity contribution in [3.05, 3.63) is 40.6 Å². The van der Waals surface area contributed by atoms with Crippen LogP contribution in [0, 0.1) is 0 Å². The molecule has 0 fully saturated rings. The van der Waals surface area contributed by atoms with Crippen molar-refractivity contribution in [1.29, 1.82) is 0 Å². The summed E-state index contributed by atoms with van der Waals surface area (Å²) in [6, 6.07) is 4.46. The molecule has 0 aliphatic rings. The van der Waals surface area contributed by atoms with Gasteiger partial charge in [-0.2, -0.15) is 0 Å². The topological polar surface area (TPSA) is 47.1 Å². The van der Waals surface area contributed by atoms with E-state index < -0.39 is 0 Å². The molecule has 0 bridgehead atoms. The van der Waals surface area contributed by atoms with Gasteiger partial charge in [0.05, 0.1) is 18.1 Å². The average molecular weight is 264 g/mol. The second kappa shape index (κ2) is 6.13. The van der Waals surface area contributed by atoms with Gasteiger partial charge in [-0.05, 0) is 25.4 Å². The summed E-state index contributed by atoms with van der Waals surface area (Å²) in [6.07, 6.45) is 3.79. The Balaban J connectivity index is 2.13. The lowest BCUT2D eigenvalue weighted by Crippen LogP contribution is -2.31. The summed E-state index contributed by atoms with van der Waals surface area (Å²) in [7, 11) is 2.12. The highest BCUT2D eigenvalue weighted by atomic mass is 32.1. The molecule has 2 aromatic rings. The van der Waals surface area contributed by atoms with E-state index in [0.717, 1.165) is 13.1 Å². The van der Waals surface area contributed by atoms with Crippen molar-refractivity contribution >= 4 is 11.3 Å². The molecule has 0 aliphatic carbocycles. The zero-order valence-electron chi connectivity index (χ0n) is 10.9. The van der Waals surface area contributed by atoms with Gasteiger partial charge in [0.2, 0.25) is 0 Å². The largest absolute Gasteiger partial charge is 0.333 e. The SMILES string of the molecule is CCn1cncc1C(CN)N(C)Cc1cccs1. The second-order valence-corrected chi connectivity index (χ2v) is 5.38. The summed E-state index contributed by atoms with van der Waals surface area (Å²) in [4.78, 5) is 7.87. The van der Waals surface area contributed by atoms with Crippen LogP contribution in [0.3, 0.4) is 0 Å². The van der Waals surface area contributed by atoms with Gasteiger partial charge in [0, 0.05) is 30.7 Å². The summed E-state index contributed by atoms with van der Waals surface area (Å²) >= 11 is 1.78. The molecule has 0 radical (unpaired) electrons. The molecule has 0 amide bonds. The summed E-state index contributed by atoms with van der Waals surface area (Å²) in [5.41, 5.74) is 7.13. The lowest BCUT2D eigenvalue weighted by Gasteiger charge is -2.27. The van der Waals surface area contributed by atoms with Crippen LogP contribution in [0.15, 0.2) is 30.0 Å². The van der Waals surface area contributed by atoms with Crippen LogP contribution in [0.5, 0.6) is 0 Å². The maximum Gasteiger partial charge on any atom is 0.0948 e. The van der Waals surface area contributed by atoms with Gasteiger partial charge < -0.3 is 10.3 Å². The van der Waals surface area contributed by atoms with Crippen molar-refractivity contribution in [2.75, 3.05) is 13.6 Å². The van der Waals surface area contributed by atoms with Crippen molar-refractivity contribution in [3.63, 3.8) is 0 Å². The first-order valence-corrected chi connectivity index (χ1v) is 7.07. The Kier molecular flexibility index (Phi) is 4.52. The number of aryl methyl sites for hydroxylation is 1. The molecule has 4 nitrogen and oxygen atoms in total. The number of nitrogens with two attached hydrogens (primary N) is 1. The standard InChI is InChI=1S/C13H20N4S/c1-3-17-10-15-8-13(17)12(7-14)16(2)9-11-5-4-6-18-11/h4-6,8,10,12H,3,7,9,14H2,1-2H3. The number of nitrogens with zero attached hydrogens (tertiary/aromatic N) is 3. The van der Waals surface area contributed by atoms with Crippen molar-refractivity contribution < 1.29 is 0 Å². The Morgan fingerprint density at radius 2 is 2.39 bits per heavy atom. The van der Waals surface area contributed by atoms with Gasteiger partial charge in [-0.1, -0.05) is 6.07 Å². The summed E-state index contributed by atoms with van der Waals surface area (Å²) < 4.78 is 2.16. The van der Waals surface area contributed by atoms with E-state index in [9.17, 15) is 0 Å². The molecule has 2 rings (SSSR count). The smallest absolute Gasteiger partial charge is 0.0948 e. The van der Waals surface area contributed by atoms with E-state index in [-0.39, 0.29) is 6.04 Å². The minimum Gasteiger partial charge on any atom is -0.333 e. The fourth-order valence-electron chi connectivity index (χ4n) is 2.16. The fourth-order valence-corrected chi connectivity index (χ4v) is 2.92. The molecule has 0 aromatic carbocycles. The van der Waals surface area contributed by atoms with Gasteiger partial charge in [0.15, 0.2) is 0 Å². The molecule has 2 aromatic heterocycles. The first-order valence-electron chi connectivity index (χ1n) is 6.19. The monoisotopic (exact) mass is 264 g/mol. The summed E-state index contributed by atoms with van der Waals surface area (Å²) in [6.45, 7) is 4.58. The average Bonchev–Trinajstić information content (AvgIpc) is 3.01. The maximum absolute atomic E-state index is 5.94. The zero-order chi connectivity index (χ0) is 13.0. The van der Waals surface area contributed by atoms with Crippen LogP contribution in [0.4, 0.5) is 0 Å². The molecule has 0 aliphatic heterocycles. The number of aromatic nitrogens is 2. The van der Waals surface area contributed by atoms with Gasteiger partial charge in [0.25, 0.3) is 0 Å². The van der Waals surface area contributed by atoms with E-state index in [4.69, 9.17) is 5.73 Å². The van der Waals surface area contributed by atoms with Gasteiger partial charge in [-0.15, -0.1) is 11.3 Å². The lowest BCUT2D eigenvalue weighted by atomic mass is 10.2. The summed E-state index contributed by atoms with van der Waals surface area (Å²) in [5, 5.41) is 2.11. The minimum absolute atomic E-state index is 0.217. The fraction of sp³-hybridized carbons (Fsp3) is 0.462. The van der Waals surface area contributed by atoms with E-state index in [1.54, 1.807) is 11.3 Å². The number of imidazole rings is 1. The van der Waals surface area contributed by atoms with Crippen LogP contribution in [0.1, 0.15) is 23.5 Å². The highest BCUT2D eigenvalue weighted by Crippen LogP contribution is 2.21. The number of rotatable bonds is 6. The van der Waals surface area contributed by atoms with E-state index in [2.05, 4.69) is 45.9 Å².